The van der Waals surface area contributed by atoms with Crippen molar-refractivity contribution in [3.05, 3.63) is 42.6 Å². The van der Waals surface area contributed by atoms with E-state index in [1.165, 1.54) is 30.1 Å². The van der Waals surface area contributed by atoms with Crippen LogP contribution in [0.15, 0.2) is 47.6 Å². The van der Waals surface area contributed by atoms with E-state index in [0.717, 1.165) is 17.5 Å². The molecule has 0 bridgehead atoms. The second-order valence-electron chi connectivity index (χ2n) is 6.36. The maximum Gasteiger partial charge on any atom is 0.258 e. The summed E-state index contributed by atoms with van der Waals surface area (Å²) in [5.74, 6) is 2.22. The van der Waals surface area contributed by atoms with Crippen LogP contribution in [0, 0.1) is 17.8 Å². The zero-order valence-electron chi connectivity index (χ0n) is 12.2. The minimum absolute atomic E-state index is 0.196. The molecule has 2 aliphatic carbocycles. The number of nitrogens with one attached hydrogen (secondary N) is 1. The van der Waals surface area contributed by atoms with Crippen molar-refractivity contribution in [1.82, 2.24) is 14.5 Å². The lowest BCUT2D eigenvalue weighted by atomic mass is 10.0. The van der Waals surface area contributed by atoms with Gasteiger partial charge in [0, 0.05) is 6.54 Å². The summed E-state index contributed by atoms with van der Waals surface area (Å²) in [6.45, 7) is 0.537. The number of nitrogens with zero attached hydrogens (tertiary/aromatic N) is 2. The molecule has 22 heavy (non-hydrogen) atoms. The van der Waals surface area contributed by atoms with E-state index in [0.29, 0.717) is 12.5 Å². The van der Waals surface area contributed by atoms with Gasteiger partial charge in [0.25, 0.3) is 10.0 Å². The molecule has 116 valence electrons. The molecule has 1 N–H and O–H groups in total. The molecule has 5 nitrogen and oxygen atoms in total. The van der Waals surface area contributed by atoms with Gasteiger partial charge in [-0.3, -0.25) is 0 Å². The van der Waals surface area contributed by atoms with Crippen LogP contribution >= 0.6 is 0 Å². The normalized spacial score (nSPS) is 26.8. The molecule has 4 rings (SSSR count). The lowest BCUT2D eigenvalue weighted by molar-refractivity contribution is 0.473. The first-order chi connectivity index (χ1) is 10.6. The van der Waals surface area contributed by atoms with Crippen LogP contribution in [0.25, 0.3) is 5.69 Å². The Balaban J connectivity index is 1.52. The fraction of sp³-hybridized carbons (Fsp3) is 0.438. The second kappa shape index (κ2) is 5.21. The van der Waals surface area contributed by atoms with Gasteiger partial charge in [0.05, 0.1) is 11.9 Å². The number of aromatic nitrogens is 2. The topological polar surface area (TPSA) is 64.0 Å². The van der Waals surface area contributed by atoms with E-state index >= 15 is 0 Å². The average molecular weight is 317 g/mol. The van der Waals surface area contributed by atoms with Gasteiger partial charge in [-0.1, -0.05) is 18.2 Å². The Morgan fingerprint density at radius 1 is 1.09 bits per heavy atom. The van der Waals surface area contributed by atoms with E-state index < -0.39 is 10.0 Å². The van der Waals surface area contributed by atoms with Gasteiger partial charge < -0.3 is 0 Å². The number of para-hydroxylation sites is 1. The number of hydrogen-bond donors (Lipinski definition) is 1. The van der Waals surface area contributed by atoms with E-state index in [1.807, 2.05) is 30.3 Å². The van der Waals surface area contributed by atoms with E-state index in [2.05, 4.69) is 9.82 Å². The number of hydrogen-bond acceptors (Lipinski definition) is 3. The molecule has 2 fully saturated rings. The molecule has 2 unspecified atom stereocenters. The molecule has 0 saturated heterocycles. The van der Waals surface area contributed by atoms with Crippen molar-refractivity contribution in [2.75, 3.05) is 6.54 Å². The van der Waals surface area contributed by atoms with Crippen LogP contribution in [-0.2, 0) is 10.0 Å². The Bertz CT molecular complexity index is 760. The van der Waals surface area contributed by atoms with Crippen molar-refractivity contribution in [2.45, 2.75) is 24.3 Å². The Hall–Kier alpha value is -1.66. The third-order valence-corrected chi connectivity index (χ3v) is 6.19. The first-order valence-electron chi connectivity index (χ1n) is 7.72. The van der Waals surface area contributed by atoms with Gasteiger partial charge in [-0.05, 0) is 55.2 Å². The van der Waals surface area contributed by atoms with E-state index in [1.54, 1.807) is 6.07 Å². The van der Waals surface area contributed by atoms with Gasteiger partial charge in [-0.25, -0.2) is 17.8 Å². The van der Waals surface area contributed by atoms with Crippen LogP contribution in [0.2, 0.25) is 0 Å². The van der Waals surface area contributed by atoms with Crippen molar-refractivity contribution >= 4 is 10.0 Å². The predicted molar refractivity (Wildman–Crippen MR) is 83.1 cm³/mol. The smallest absolute Gasteiger partial charge is 0.221 e. The van der Waals surface area contributed by atoms with Crippen LogP contribution in [0.4, 0.5) is 0 Å². The molecule has 2 atom stereocenters. The van der Waals surface area contributed by atoms with Crippen molar-refractivity contribution in [1.29, 1.82) is 0 Å². The van der Waals surface area contributed by atoms with Gasteiger partial charge in [-0.2, -0.15) is 5.10 Å². The molecule has 2 saturated carbocycles. The fourth-order valence-corrected chi connectivity index (χ4v) is 4.79. The molecule has 2 aromatic rings. The van der Waals surface area contributed by atoms with Crippen LogP contribution in [0.3, 0.4) is 0 Å². The van der Waals surface area contributed by atoms with Crippen molar-refractivity contribution < 1.29 is 8.42 Å². The first-order valence-corrected chi connectivity index (χ1v) is 9.21. The highest BCUT2D eigenvalue weighted by Gasteiger charge is 2.45. The summed E-state index contributed by atoms with van der Waals surface area (Å²) in [7, 11) is -3.54. The van der Waals surface area contributed by atoms with Crippen LogP contribution in [-0.4, -0.2) is 24.7 Å². The third-order valence-electron chi connectivity index (χ3n) is 4.79. The van der Waals surface area contributed by atoms with Crippen LogP contribution in [0.5, 0.6) is 0 Å². The summed E-state index contributed by atoms with van der Waals surface area (Å²) in [4.78, 5) is 0. The molecular formula is C16H19N3O2S. The van der Waals surface area contributed by atoms with Gasteiger partial charge in [0.2, 0.25) is 0 Å². The summed E-state index contributed by atoms with van der Waals surface area (Å²) in [5, 5.41) is 4.35. The number of rotatable bonds is 5. The largest absolute Gasteiger partial charge is 0.258 e. The van der Waals surface area contributed by atoms with Gasteiger partial charge in [0.15, 0.2) is 5.03 Å². The lowest BCUT2D eigenvalue weighted by Crippen LogP contribution is -2.30. The summed E-state index contributed by atoms with van der Waals surface area (Å²) in [6, 6.07) is 10.9. The highest BCUT2D eigenvalue weighted by molar-refractivity contribution is 7.89. The van der Waals surface area contributed by atoms with Crippen molar-refractivity contribution in [3.8, 4) is 5.69 Å². The Kier molecular flexibility index (Phi) is 3.31. The van der Waals surface area contributed by atoms with Gasteiger partial charge in [0.1, 0.15) is 0 Å². The molecule has 1 heterocycles. The highest BCUT2D eigenvalue weighted by Crippen LogP contribution is 2.54. The Labute approximate surface area is 130 Å². The van der Waals surface area contributed by atoms with Gasteiger partial charge in [-0.15, -0.1) is 0 Å². The maximum absolute atomic E-state index is 12.6. The number of benzene rings is 1. The van der Waals surface area contributed by atoms with Gasteiger partial charge >= 0.3 is 0 Å². The second-order valence-corrected chi connectivity index (χ2v) is 8.08. The van der Waals surface area contributed by atoms with E-state index in [4.69, 9.17) is 0 Å². The Morgan fingerprint density at radius 3 is 2.55 bits per heavy atom. The zero-order valence-corrected chi connectivity index (χ0v) is 13.0. The first kappa shape index (κ1) is 14.0. The highest BCUT2D eigenvalue weighted by atomic mass is 32.2. The molecule has 0 amide bonds. The molecule has 1 aromatic heterocycles. The average Bonchev–Trinajstić information content (AvgIpc) is 2.95. The lowest BCUT2D eigenvalue weighted by Gasteiger charge is -2.14. The number of sulfonamides is 1. The quantitative estimate of drug-likeness (QED) is 0.919. The van der Waals surface area contributed by atoms with E-state index in [9.17, 15) is 8.42 Å². The summed E-state index contributed by atoms with van der Waals surface area (Å²) in [6.07, 6.45) is 5.21. The van der Waals surface area contributed by atoms with Crippen LogP contribution < -0.4 is 4.72 Å². The zero-order chi connectivity index (χ0) is 15.2. The monoisotopic (exact) mass is 317 g/mol. The Morgan fingerprint density at radius 2 is 1.82 bits per heavy atom. The minimum atomic E-state index is -3.54. The molecule has 0 radical (unpaired) electrons. The van der Waals surface area contributed by atoms with Crippen molar-refractivity contribution in [3.63, 3.8) is 0 Å². The summed E-state index contributed by atoms with van der Waals surface area (Å²) >= 11 is 0. The minimum Gasteiger partial charge on any atom is -0.221 e. The molecule has 1 aromatic carbocycles. The predicted octanol–water partition coefficient (Wildman–Crippen LogP) is 2.20. The maximum atomic E-state index is 12.6. The van der Waals surface area contributed by atoms with E-state index in [-0.39, 0.29) is 5.03 Å². The molecule has 6 heteroatoms. The summed E-state index contributed by atoms with van der Waals surface area (Å²) in [5.41, 5.74) is 0.745. The molecule has 0 spiro atoms. The van der Waals surface area contributed by atoms with Crippen LogP contribution in [0.1, 0.15) is 19.3 Å². The standard InChI is InChI=1S/C16H19N3O2S/c20-22(21,18-11-12-8-13-10-14(13)9-12)16-6-7-17-19(16)15-4-2-1-3-5-15/h1-7,12-14,18H,8-11H2. The number of fused-ring (bicyclic) bond motifs is 1. The SMILES string of the molecule is O=S(=O)(NCC1CC2CC2C1)c1ccnn1-c1ccccc1. The summed E-state index contributed by atoms with van der Waals surface area (Å²) < 4.78 is 29.4. The molecule has 0 aliphatic heterocycles. The fourth-order valence-electron chi connectivity index (χ4n) is 3.57. The van der Waals surface area contributed by atoms with Crippen molar-refractivity contribution in [2.24, 2.45) is 17.8 Å². The molecule has 2 aliphatic rings. The molecular weight excluding hydrogens is 298 g/mol. The third kappa shape index (κ3) is 2.57.